The van der Waals surface area contributed by atoms with Gasteiger partial charge in [0.1, 0.15) is 36.2 Å². The summed E-state index contributed by atoms with van der Waals surface area (Å²) >= 11 is 0. The molecule has 2 aromatic rings. The average molecular weight is 347 g/mol. The largest absolute Gasteiger partial charge is 0.394 e. The number of fused-ring (bicyclic) bond motifs is 2. The van der Waals surface area contributed by atoms with Crippen LogP contribution in [0, 0.1) is 11.3 Å². The maximum absolute atomic E-state index is 9.97. The molecule has 0 saturated carbocycles. The number of anilines is 1. The van der Waals surface area contributed by atoms with E-state index in [1.807, 2.05) is 0 Å². The fraction of sp³-hybridized carbons (Fsp3) is 0.562. The number of ether oxygens (including phenoxy) is 3. The van der Waals surface area contributed by atoms with E-state index >= 15 is 0 Å². The number of rotatable bonds is 2. The molecule has 0 amide bonds. The Bertz CT molecular complexity index is 845. The molecule has 2 saturated heterocycles. The van der Waals surface area contributed by atoms with Crippen LogP contribution in [0.2, 0.25) is 0 Å². The summed E-state index contributed by atoms with van der Waals surface area (Å²) in [6.45, 7) is 3.24. The minimum atomic E-state index is -1.47. The third-order valence-electron chi connectivity index (χ3n) is 4.44. The second-order valence-corrected chi connectivity index (χ2v) is 6.37. The van der Waals surface area contributed by atoms with Gasteiger partial charge in [0.15, 0.2) is 11.6 Å². The lowest BCUT2D eigenvalue weighted by atomic mass is 9.92. The molecule has 9 heteroatoms. The molecule has 3 N–H and O–H groups in total. The third kappa shape index (κ3) is 2.30. The van der Waals surface area contributed by atoms with Gasteiger partial charge in [-0.2, -0.15) is 10.4 Å². The Morgan fingerprint density at radius 2 is 2.12 bits per heavy atom. The van der Waals surface area contributed by atoms with Crippen LogP contribution in [-0.4, -0.2) is 50.4 Å². The average Bonchev–Trinajstić information content (AvgIpc) is 3.18. The fourth-order valence-electron chi connectivity index (χ4n) is 3.48. The Morgan fingerprint density at radius 3 is 2.80 bits per heavy atom. The molecule has 0 aliphatic carbocycles. The molecule has 4 atom stereocenters. The van der Waals surface area contributed by atoms with Crippen molar-refractivity contribution in [2.75, 3.05) is 12.3 Å². The van der Waals surface area contributed by atoms with Gasteiger partial charge in [0.25, 0.3) is 0 Å². The molecule has 134 valence electrons. The van der Waals surface area contributed by atoms with Crippen molar-refractivity contribution in [3.05, 3.63) is 24.2 Å². The highest BCUT2D eigenvalue weighted by Gasteiger charge is 2.65. The number of nitrogens with two attached hydrogens (primary N) is 1. The molecule has 25 heavy (non-hydrogen) atoms. The Balaban J connectivity index is 0.00000182. The quantitative estimate of drug-likeness (QED) is 0.807. The van der Waals surface area contributed by atoms with Gasteiger partial charge < -0.3 is 25.1 Å². The molecule has 0 bridgehead atoms. The van der Waals surface area contributed by atoms with Crippen molar-refractivity contribution in [3.63, 3.8) is 0 Å². The Kier molecular flexibility index (Phi) is 3.96. The zero-order valence-electron chi connectivity index (χ0n) is 13.2. The first-order chi connectivity index (χ1) is 11.4. The van der Waals surface area contributed by atoms with E-state index < -0.39 is 29.7 Å². The van der Waals surface area contributed by atoms with Crippen LogP contribution in [0.3, 0.4) is 0 Å². The summed E-state index contributed by atoms with van der Waals surface area (Å²) in [7, 11) is 0. The molecule has 0 unspecified atom stereocenters. The highest BCUT2D eigenvalue weighted by atomic mass is 16.8. The molecule has 0 spiro atoms. The normalized spacial score (nSPS) is 33.0. The van der Waals surface area contributed by atoms with E-state index in [0.717, 1.165) is 0 Å². The molecular formula is C16H21N5O4. The van der Waals surface area contributed by atoms with Crippen molar-refractivity contribution >= 4 is 11.3 Å². The van der Waals surface area contributed by atoms with Gasteiger partial charge >= 0.3 is 0 Å². The van der Waals surface area contributed by atoms with Crippen LogP contribution in [0.15, 0.2) is 18.5 Å². The second kappa shape index (κ2) is 5.64. The summed E-state index contributed by atoms with van der Waals surface area (Å²) in [5.41, 5.74) is 5.41. The molecule has 4 heterocycles. The van der Waals surface area contributed by atoms with Crippen molar-refractivity contribution in [1.82, 2.24) is 14.6 Å². The van der Waals surface area contributed by atoms with Crippen molar-refractivity contribution in [1.29, 1.82) is 5.26 Å². The number of nitrogens with zero attached hydrogens (tertiary/aromatic N) is 4. The van der Waals surface area contributed by atoms with Crippen LogP contribution in [-0.2, 0) is 19.8 Å². The summed E-state index contributed by atoms with van der Waals surface area (Å²) < 4.78 is 19.2. The topological polar surface area (TPSA) is 128 Å². The van der Waals surface area contributed by atoms with Crippen LogP contribution >= 0.6 is 0 Å². The first kappa shape index (κ1) is 17.6. The lowest BCUT2D eigenvalue weighted by Gasteiger charge is -2.28. The molecule has 0 radical (unpaired) electrons. The van der Waals surface area contributed by atoms with Gasteiger partial charge in [0.05, 0.1) is 12.3 Å². The molecule has 4 rings (SSSR count). The minimum absolute atomic E-state index is 0. The van der Waals surface area contributed by atoms with Crippen molar-refractivity contribution < 1.29 is 19.3 Å². The first-order valence-electron chi connectivity index (χ1n) is 7.56. The van der Waals surface area contributed by atoms with Crippen molar-refractivity contribution in [2.45, 2.75) is 51.0 Å². The summed E-state index contributed by atoms with van der Waals surface area (Å²) in [4.78, 5) is 3.94. The molecule has 2 aliphatic heterocycles. The molecular weight excluding hydrogens is 326 g/mol. The first-order valence-corrected chi connectivity index (χ1v) is 7.56. The zero-order valence-corrected chi connectivity index (χ0v) is 13.2. The Hall–Kier alpha value is -2.25. The van der Waals surface area contributed by atoms with Gasteiger partial charge in [0.2, 0.25) is 5.60 Å². The zero-order chi connectivity index (χ0) is 17.1. The SMILES string of the molecule is C.CC1(C)O[C@H]2[C@@H](O1)[C@](C#N)(c1ccc3c(N)ncnn13)O[C@@H]2CO. The van der Waals surface area contributed by atoms with Crippen molar-refractivity contribution in [2.24, 2.45) is 0 Å². The van der Waals surface area contributed by atoms with E-state index in [1.54, 1.807) is 26.0 Å². The number of nitriles is 1. The standard InChI is InChI=1S/C15H17N5O4.CH4/c1-14(2)23-11-9(5-21)22-15(6-16,12(11)24-14)10-4-3-8-13(17)18-7-19-20(8)10;/h3-4,7,9,11-12,21H,5H2,1-2H3,(H2,17,18,19);1H4/t9-,11-,12-,15+;/m1./s1. The van der Waals surface area contributed by atoms with Gasteiger partial charge in [-0.1, -0.05) is 7.43 Å². The van der Waals surface area contributed by atoms with E-state index in [4.69, 9.17) is 19.9 Å². The monoisotopic (exact) mass is 347 g/mol. The van der Waals surface area contributed by atoms with E-state index in [2.05, 4.69) is 16.2 Å². The van der Waals surface area contributed by atoms with Gasteiger partial charge in [-0.15, -0.1) is 0 Å². The van der Waals surface area contributed by atoms with Crippen LogP contribution in [0.5, 0.6) is 0 Å². The molecule has 0 aromatic carbocycles. The lowest BCUT2D eigenvalue weighted by Crippen LogP contribution is -2.40. The van der Waals surface area contributed by atoms with E-state index in [9.17, 15) is 10.4 Å². The predicted molar refractivity (Wildman–Crippen MR) is 87.2 cm³/mol. The Morgan fingerprint density at radius 1 is 1.36 bits per heavy atom. The summed E-state index contributed by atoms with van der Waals surface area (Å²) in [5, 5.41) is 23.8. The fourth-order valence-corrected chi connectivity index (χ4v) is 3.48. The maximum atomic E-state index is 9.97. The van der Waals surface area contributed by atoms with Crippen LogP contribution in [0.25, 0.3) is 5.52 Å². The van der Waals surface area contributed by atoms with Crippen molar-refractivity contribution in [3.8, 4) is 6.07 Å². The highest BCUT2D eigenvalue weighted by molar-refractivity contribution is 5.66. The minimum Gasteiger partial charge on any atom is -0.394 e. The number of aliphatic hydroxyl groups is 1. The molecule has 2 aromatic heterocycles. The van der Waals surface area contributed by atoms with Gasteiger partial charge in [-0.05, 0) is 26.0 Å². The van der Waals surface area contributed by atoms with Gasteiger partial charge in [0, 0.05) is 0 Å². The van der Waals surface area contributed by atoms with E-state index in [0.29, 0.717) is 17.0 Å². The Labute approximate surface area is 144 Å². The van der Waals surface area contributed by atoms with Gasteiger partial charge in [-0.3, -0.25) is 0 Å². The number of hydrogen-bond donors (Lipinski definition) is 2. The lowest BCUT2D eigenvalue weighted by molar-refractivity contribution is -0.204. The maximum Gasteiger partial charge on any atom is 0.226 e. The number of aromatic nitrogens is 3. The third-order valence-corrected chi connectivity index (χ3v) is 4.44. The van der Waals surface area contributed by atoms with E-state index in [1.165, 1.54) is 10.8 Å². The number of hydrogen-bond acceptors (Lipinski definition) is 8. The van der Waals surface area contributed by atoms with Gasteiger partial charge in [-0.25, -0.2) is 9.50 Å². The predicted octanol–water partition coefficient (Wildman–Crippen LogP) is 0.578. The highest BCUT2D eigenvalue weighted by Crippen LogP contribution is 2.49. The summed E-state index contributed by atoms with van der Waals surface area (Å²) in [6, 6.07) is 5.63. The molecule has 9 nitrogen and oxygen atoms in total. The number of aliphatic hydroxyl groups excluding tert-OH is 1. The summed E-state index contributed by atoms with van der Waals surface area (Å²) in [5.74, 6) is -0.586. The van der Waals surface area contributed by atoms with Crippen LogP contribution < -0.4 is 5.73 Å². The smallest absolute Gasteiger partial charge is 0.226 e. The second-order valence-electron chi connectivity index (χ2n) is 6.37. The van der Waals surface area contributed by atoms with Crippen LogP contribution in [0.1, 0.15) is 27.0 Å². The van der Waals surface area contributed by atoms with E-state index in [-0.39, 0.29) is 14.0 Å². The summed E-state index contributed by atoms with van der Waals surface area (Å²) in [6.07, 6.45) is -0.637. The van der Waals surface area contributed by atoms with Crippen LogP contribution in [0.4, 0.5) is 5.82 Å². The molecule has 2 fully saturated rings. The number of nitrogen functional groups attached to an aromatic ring is 1. The molecule has 2 aliphatic rings.